The van der Waals surface area contributed by atoms with E-state index in [0.717, 1.165) is 0 Å². The molecule has 0 fully saturated rings. The average molecular weight is 313 g/mol. The van der Waals surface area contributed by atoms with Crippen molar-refractivity contribution in [2.24, 2.45) is 16.5 Å². The molecule has 2 aromatic rings. The second kappa shape index (κ2) is 5.48. The number of aryl methyl sites for hydroxylation is 1. The van der Waals surface area contributed by atoms with Crippen molar-refractivity contribution < 1.29 is 4.79 Å². The van der Waals surface area contributed by atoms with E-state index < -0.39 is 5.91 Å². The van der Waals surface area contributed by atoms with Gasteiger partial charge in [0.25, 0.3) is 0 Å². The van der Waals surface area contributed by atoms with E-state index in [-0.39, 0.29) is 11.7 Å². The summed E-state index contributed by atoms with van der Waals surface area (Å²) in [7, 11) is 0. The van der Waals surface area contributed by atoms with Crippen LogP contribution < -0.4 is 11.5 Å². The van der Waals surface area contributed by atoms with Crippen LogP contribution in [0.15, 0.2) is 23.2 Å². The average Bonchev–Trinajstić information content (AvgIpc) is 2.74. The maximum Gasteiger partial charge on any atom is 0.302 e. The maximum atomic E-state index is 11.7. The Morgan fingerprint density at radius 1 is 1.25 bits per heavy atom. The van der Waals surface area contributed by atoms with Gasteiger partial charge in [-0.05, 0) is 25.1 Å². The molecule has 20 heavy (non-hydrogen) atoms. The molecule has 0 atom stereocenters. The van der Waals surface area contributed by atoms with Crippen LogP contribution in [0.3, 0.4) is 0 Å². The largest absolute Gasteiger partial charge is 0.370 e. The smallest absolute Gasteiger partial charge is 0.302 e. The number of nitrogens with two attached hydrogens (primary N) is 2. The third kappa shape index (κ3) is 2.89. The molecule has 4 N–H and O–H groups in total. The highest BCUT2D eigenvalue weighted by Crippen LogP contribution is 2.24. The molecule has 0 spiro atoms. The van der Waals surface area contributed by atoms with Crippen LogP contribution in [0, 0.1) is 6.92 Å². The summed E-state index contributed by atoms with van der Waals surface area (Å²) in [5.41, 5.74) is 11.3. The molecule has 1 aromatic heterocycles. The van der Waals surface area contributed by atoms with Crippen molar-refractivity contribution in [3.63, 3.8) is 0 Å². The first-order chi connectivity index (χ1) is 9.38. The standard InChI is InChI=1S/C11H10Cl2N6O/c1-5-9(10(20)16-11(14)15)18-19(17-5)6-2-3-7(12)8(13)4-6/h2-4H,1H3,(H4,14,15,16,20). The fourth-order valence-corrected chi connectivity index (χ4v) is 1.76. The van der Waals surface area contributed by atoms with Crippen LogP contribution in [0.4, 0.5) is 0 Å². The molecule has 1 amide bonds. The second-order valence-corrected chi connectivity index (χ2v) is 4.68. The lowest BCUT2D eigenvalue weighted by Crippen LogP contribution is -2.24. The second-order valence-electron chi connectivity index (χ2n) is 3.86. The molecular weight excluding hydrogens is 303 g/mol. The van der Waals surface area contributed by atoms with Crippen molar-refractivity contribution in [2.75, 3.05) is 0 Å². The number of benzene rings is 1. The molecule has 104 valence electrons. The zero-order chi connectivity index (χ0) is 14.9. The molecule has 7 nitrogen and oxygen atoms in total. The number of amides is 1. The first-order valence-electron chi connectivity index (χ1n) is 5.42. The van der Waals surface area contributed by atoms with Crippen molar-refractivity contribution in [1.82, 2.24) is 15.0 Å². The summed E-state index contributed by atoms with van der Waals surface area (Å²) in [4.78, 5) is 16.4. The Hall–Kier alpha value is -2.12. The van der Waals surface area contributed by atoms with Gasteiger partial charge in [-0.3, -0.25) is 4.79 Å². The number of nitrogens with zero attached hydrogens (tertiary/aromatic N) is 4. The normalized spacial score (nSPS) is 10.3. The lowest BCUT2D eigenvalue weighted by Gasteiger charge is -2.01. The van der Waals surface area contributed by atoms with Crippen LogP contribution in [0.2, 0.25) is 10.0 Å². The van der Waals surface area contributed by atoms with Gasteiger partial charge < -0.3 is 11.5 Å². The van der Waals surface area contributed by atoms with Crippen molar-refractivity contribution in [3.8, 4) is 5.69 Å². The molecule has 1 heterocycles. The van der Waals surface area contributed by atoms with Gasteiger partial charge >= 0.3 is 5.91 Å². The van der Waals surface area contributed by atoms with Crippen LogP contribution in [-0.4, -0.2) is 26.9 Å². The van der Waals surface area contributed by atoms with Crippen LogP contribution in [0.1, 0.15) is 16.2 Å². The maximum absolute atomic E-state index is 11.7. The number of guanidine groups is 1. The molecule has 0 saturated carbocycles. The van der Waals surface area contributed by atoms with Crippen molar-refractivity contribution >= 4 is 35.1 Å². The zero-order valence-corrected chi connectivity index (χ0v) is 11.9. The van der Waals surface area contributed by atoms with Crippen LogP contribution >= 0.6 is 23.2 Å². The Morgan fingerprint density at radius 3 is 2.55 bits per heavy atom. The minimum atomic E-state index is -0.659. The Balaban J connectivity index is 2.43. The van der Waals surface area contributed by atoms with Crippen LogP contribution in [0.5, 0.6) is 0 Å². The monoisotopic (exact) mass is 312 g/mol. The van der Waals surface area contributed by atoms with E-state index in [2.05, 4.69) is 15.2 Å². The first-order valence-corrected chi connectivity index (χ1v) is 6.17. The Kier molecular flexibility index (Phi) is 3.91. The lowest BCUT2D eigenvalue weighted by atomic mass is 10.3. The fourth-order valence-electron chi connectivity index (χ4n) is 1.47. The van der Waals surface area contributed by atoms with Gasteiger partial charge in [0.05, 0.1) is 21.4 Å². The van der Waals surface area contributed by atoms with Gasteiger partial charge in [0, 0.05) is 0 Å². The Bertz CT molecular complexity index is 705. The zero-order valence-electron chi connectivity index (χ0n) is 10.3. The highest BCUT2D eigenvalue weighted by molar-refractivity contribution is 6.42. The highest BCUT2D eigenvalue weighted by Gasteiger charge is 2.16. The number of halogens is 2. The molecule has 9 heteroatoms. The van der Waals surface area contributed by atoms with Gasteiger partial charge in [-0.1, -0.05) is 23.2 Å². The quantitative estimate of drug-likeness (QED) is 0.641. The number of hydrogen-bond acceptors (Lipinski definition) is 3. The van der Waals surface area contributed by atoms with Crippen LogP contribution in [-0.2, 0) is 0 Å². The van der Waals surface area contributed by atoms with Crippen molar-refractivity contribution in [3.05, 3.63) is 39.6 Å². The van der Waals surface area contributed by atoms with Gasteiger partial charge in [0.15, 0.2) is 11.7 Å². The summed E-state index contributed by atoms with van der Waals surface area (Å²) < 4.78 is 0. The van der Waals surface area contributed by atoms with E-state index in [9.17, 15) is 4.79 Å². The summed E-state index contributed by atoms with van der Waals surface area (Å²) in [5.74, 6) is -0.993. The van der Waals surface area contributed by atoms with Crippen LogP contribution in [0.25, 0.3) is 5.69 Å². The Morgan fingerprint density at radius 2 is 1.95 bits per heavy atom. The minimum Gasteiger partial charge on any atom is -0.370 e. The summed E-state index contributed by atoms with van der Waals surface area (Å²) in [6.45, 7) is 1.62. The van der Waals surface area contributed by atoms with Gasteiger partial charge in [0.1, 0.15) is 0 Å². The molecule has 2 rings (SSSR count). The molecule has 0 aliphatic heterocycles. The van der Waals surface area contributed by atoms with E-state index >= 15 is 0 Å². The van der Waals surface area contributed by atoms with Gasteiger partial charge in [0.2, 0.25) is 0 Å². The molecule has 0 aliphatic rings. The van der Waals surface area contributed by atoms with Gasteiger partial charge in [-0.15, -0.1) is 5.10 Å². The topological polar surface area (TPSA) is 112 Å². The SMILES string of the molecule is Cc1nn(-c2ccc(Cl)c(Cl)c2)nc1C(=O)N=C(N)N. The predicted octanol–water partition coefficient (Wildman–Crippen LogP) is 1.30. The van der Waals surface area contributed by atoms with E-state index in [4.69, 9.17) is 34.7 Å². The van der Waals surface area contributed by atoms with Crippen molar-refractivity contribution in [1.29, 1.82) is 0 Å². The molecular formula is C11H10Cl2N6O. The van der Waals surface area contributed by atoms with Gasteiger partial charge in [-0.2, -0.15) is 14.9 Å². The molecule has 0 unspecified atom stereocenters. The number of rotatable bonds is 2. The molecule has 0 aliphatic carbocycles. The van der Waals surface area contributed by atoms with E-state index in [1.807, 2.05) is 0 Å². The highest BCUT2D eigenvalue weighted by atomic mass is 35.5. The summed E-state index contributed by atoms with van der Waals surface area (Å²) >= 11 is 11.7. The number of hydrogen-bond donors (Lipinski definition) is 2. The van der Waals surface area contributed by atoms with Crippen molar-refractivity contribution in [2.45, 2.75) is 6.92 Å². The number of carbonyl (C=O) groups is 1. The third-order valence-electron chi connectivity index (χ3n) is 2.35. The number of aromatic nitrogens is 3. The summed E-state index contributed by atoms with van der Waals surface area (Å²) in [6, 6.07) is 4.86. The lowest BCUT2D eigenvalue weighted by molar-refractivity contribution is 0.0997. The molecule has 0 bridgehead atoms. The van der Waals surface area contributed by atoms with E-state index in [0.29, 0.717) is 21.4 Å². The Labute approximate surface area is 124 Å². The van der Waals surface area contributed by atoms with Gasteiger partial charge in [-0.25, -0.2) is 0 Å². The summed E-state index contributed by atoms with van der Waals surface area (Å²) in [5, 5.41) is 8.92. The van der Waals surface area contributed by atoms with E-state index in [1.165, 1.54) is 4.80 Å². The molecule has 1 aromatic carbocycles. The first kappa shape index (κ1) is 14.3. The molecule has 0 radical (unpaired) electrons. The van der Waals surface area contributed by atoms with E-state index in [1.54, 1.807) is 25.1 Å². The third-order valence-corrected chi connectivity index (χ3v) is 3.09. The number of carbonyl (C=O) groups excluding carboxylic acids is 1. The minimum absolute atomic E-state index is 0.0597. The summed E-state index contributed by atoms with van der Waals surface area (Å²) in [6.07, 6.45) is 0. The fraction of sp³-hybridized carbons (Fsp3) is 0.0909. The molecule has 0 saturated heterocycles. The number of aliphatic imine (C=N–C) groups is 1. The predicted molar refractivity (Wildman–Crippen MR) is 76.3 cm³/mol.